The molecule has 4 aliphatic carbocycles. The zero-order valence-electron chi connectivity index (χ0n) is 22.7. The maximum absolute atomic E-state index is 11.5. The number of carbonyl (C=O) groups excluding carboxylic acids is 1. The predicted molar refractivity (Wildman–Crippen MR) is 136 cm³/mol. The minimum atomic E-state index is -0.651. The lowest BCUT2D eigenvalue weighted by Gasteiger charge is -2.62. The number of hydrogen-bond acceptors (Lipinski definition) is 4. The van der Waals surface area contributed by atoms with E-state index in [1.807, 2.05) is 6.08 Å². The molecule has 0 radical (unpaired) electrons. The quantitative estimate of drug-likeness (QED) is 0.188. The lowest BCUT2D eigenvalue weighted by molar-refractivity contribution is -0.229. The average molecular weight is 473 g/mol. The monoisotopic (exact) mass is 472 g/mol. The second-order valence-corrected chi connectivity index (χ2v) is 13.6. The molecular weight excluding hydrogens is 424 g/mol. The van der Waals surface area contributed by atoms with Gasteiger partial charge in [-0.25, -0.2) is 4.79 Å². The fourth-order valence-corrected chi connectivity index (χ4v) is 9.55. The van der Waals surface area contributed by atoms with Crippen LogP contribution < -0.4 is 0 Å². The van der Waals surface area contributed by atoms with Crippen molar-refractivity contribution in [3.05, 3.63) is 22.8 Å². The molecular formula is C30H48O4. The minimum absolute atomic E-state index is 0.00594. The Bertz CT molecular complexity index is 884. The molecule has 0 aromatic carbocycles. The summed E-state index contributed by atoms with van der Waals surface area (Å²) in [5, 5.41) is 19.4. The third-order valence-electron chi connectivity index (χ3n) is 12.0. The van der Waals surface area contributed by atoms with Gasteiger partial charge >= 0.3 is 5.97 Å². The Kier molecular flexibility index (Phi) is 6.69. The van der Waals surface area contributed by atoms with Gasteiger partial charge in [-0.15, -0.1) is 0 Å². The Labute approximate surface area is 207 Å². The molecule has 0 spiro atoms. The summed E-state index contributed by atoms with van der Waals surface area (Å²) in [6.45, 7) is 16.4. The normalized spacial score (nSPS) is 42.5. The lowest BCUT2D eigenvalue weighted by atomic mass is 9.43. The van der Waals surface area contributed by atoms with Crippen LogP contribution in [-0.4, -0.2) is 22.4 Å². The standard InChI is InChI=1S/C30H48O4/c1-19(9-8-10-20(2)26(32)34-33)21-13-17-30(7)23-11-12-24-27(3,4)25(31)15-16-28(24,5)22(23)14-18-29(21,30)6/h10,19,21,24-25,31,33H,8-9,11-18H2,1-7H3/b20-10-/t19?,21-,24?,25?,28+,29-,30+/m0/s1. The Morgan fingerprint density at radius 2 is 1.76 bits per heavy atom. The third-order valence-corrected chi connectivity index (χ3v) is 12.0. The number of aliphatic hydroxyl groups is 1. The van der Waals surface area contributed by atoms with Crippen LogP contribution in [0.2, 0.25) is 0 Å². The molecule has 34 heavy (non-hydrogen) atoms. The van der Waals surface area contributed by atoms with Crippen molar-refractivity contribution in [1.29, 1.82) is 0 Å². The van der Waals surface area contributed by atoms with Crippen LogP contribution in [0.25, 0.3) is 0 Å². The van der Waals surface area contributed by atoms with Crippen LogP contribution in [-0.2, 0) is 9.68 Å². The minimum Gasteiger partial charge on any atom is -0.393 e. The van der Waals surface area contributed by atoms with Crippen molar-refractivity contribution in [3.63, 3.8) is 0 Å². The third kappa shape index (κ3) is 3.65. The summed E-state index contributed by atoms with van der Waals surface area (Å²) in [6.07, 6.45) is 13.2. The zero-order valence-corrected chi connectivity index (χ0v) is 22.7. The van der Waals surface area contributed by atoms with Crippen LogP contribution in [0, 0.1) is 39.4 Å². The molecule has 0 bridgehead atoms. The predicted octanol–water partition coefficient (Wildman–Crippen LogP) is 7.48. The van der Waals surface area contributed by atoms with Gasteiger partial charge in [0.15, 0.2) is 0 Å². The van der Waals surface area contributed by atoms with E-state index >= 15 is 0 Å². The van der Waals surface area contributed by atoms with Crippen LogP contribution in [0.5, 0.6) is 0 Å². The van der Waals surface area contributed by atoms with Gasteiger partial charge in [-0.1, -0.05) is 58.8 Å². The van der Waals surface area contributed by atoms with E-state index in [9.17, 15) is 9.90 Å². The molecule has 0 saturated heterocycles. The highest BCUT2D eigenvalue weighted by Gasteiger charge is 2.63. The Morgan fingerprint density at radius 1 is 1.06 bits per heavy atom. The van der Waals surface area contributed by atoms with Crippen molar-refractivity contribution in [2.45, 2.75) is 119 Å². The van der Waals surface area contributed by atoms with Gasteiger partial charge in [0.2, 0.25) is 0 Å². The summed E-state index contributed by atoms with van der Waals surface area (Å²) >= 11 is 0. The number of rotatable bonds is 5. The molecule has 192 valence electrons. The van der Waals surface area contributed by atoms with Crippen LogP contribution in [0.4, 0.5) is 0 Å². The zero-order chi connectivity index (χ0) is 25.1. The average Bonchev–Trinajstić information content (AvgIpc) is 3.07. The van der Waals surface area contributed by atoms with Crippen LogP contribution in [0.1, 0.15) is 113 Å². The first-order valence-corrected chi connectivity index (χ1v) is 13.8. The summed E-state index contributed by atoms with van der Waals surface area (Å²) in [6, 6.07) is 0. The first-order valence-electron chi connectivity index (χ1n) is 13.8. The molecule has 3 unspecified atom stereocenters. The summed E-state index contributed by atoms with van der Waals surface area (Å²) in [4.78, 5) is 15.3. The molecule has 4 heteroatoms. The highest BCUT2D eigenvalue weighted by molar-refractivity contribution is 5.87. The molecule has 0 amide bonds. The van der Waals surface area contributed by atoms with E-state index in [1.165, 1.54) is 38.5 Å². The summed E-state index contributed by atoms with van der Waals surface area (Å²) in [5.74, 6) is 1.22. The van der Waals surface area contributed by atoms with Crippen molar-refractivity contribution in [2.24, 2.45) is 39.4 Å². The van der Waals surface area contributed by atoms with Crippen molar-refractivity contribution in [3.8, 4) is 0 Å². The maximum Gasteiger partial charge on any atom is 0.368 e. The van der Waals surface area contributed by atoms with Gasteiger partial charge < -0.3 is 5.11 Å². The van der Waals surface area contributed by atoms with Crippen molar-refractivity contribution >= 4 is 5.97 Å². The van der Waals surface area contributed by atoms with Crippen LogP contribution >= 0.6 is 0 Å². The van der Waals surface area contributed by atoms with E-state index in [-0.39, 0.29) is 22.3 Å². The smallest absolute Gasteiger partial charge is 0.368 e. The number of carbonyl (C=O) groups is 1. The molecule has 7 atom stereocenters. The summed E-state index contributed by atoms with van der Waals surface area (Å²) < 4.78 is 0. The topological polar surface area (TPSA) is 66.8 Å². The first-order chi connectivity index (χ1) is 15.8. The van der Waals surface area contributed by atoms with Gasteiger partial charge in [0.1, 0.15) is 0 Å². The van der Waals surface area contributed by atoms with Crippen molar-refractivity contribution < 1.29 is 20.0 Å². The molecule has 4 rings (SSSR count). The number of hydrogen-bond donors (Lipinski definition) is 2. The SMILES string of the molecule is C/C(=C/CCC(C)[C@@H]1CC[C@]2(C)C3=C(CC[C@@]12C)[C@@]1(C)CCC(O)C(C)(C)C1CC3)C(=O)OO. The van der Waals surface area contributed by atoms with E-state index in [2.05, 4.69) is 46.4 Å². The second-order valence-electron chi connectivity index (χ2n) is 13.6. The molecule has 2 N–H and O–H groups in total. The van der Waals surface area contributed by atoms with Crippen molar-refractivity contribution in [2.75, 3.05) is 0 Å². The summed E-state index contributed by atoms with van der Waals surface area (Å²) in [5.41, 5.74) is 4.89. The molecule has 0 heterocycles. The van der Waals surface area contributed by atoms with Crippen LogP contribution in [0.3, 0.4) is 0 Å². The number of aliphatic hydroxyl groups excluding tert-OH is 1. The molecule has 4 aliphatic rings. The second kappa shape index (κ2) is 8.76. The summed E-state index contributed by atoms with van der Waals surface area (Å²) in [7, 11) is 0. The van der Waals surface area contributed by atoms with Gasteiger partial charge in [-0.05, 0) is 111 Å². The van der Waals surface area contributed by atoms with Gasteiger partial charge in [0.25, 0.3) is 0 Å². The highest BCUT2D eigenvalue weighted by atomic mass is 17.1. The highest BCUT2D eigenvalue weighted by Crippen LogP contribution is 2.72. The number of allylic oxidation sites excluding steroid dienone is 3. The fourth-order valence-electron chi connectivity index (χ4n) is 9.55. The van der Waals surface area contributed by atoms with Gasteiger partial charge in [0, 0.05) is 5.57 Å². The van der Waals surface area contributed by atoms with E-state index < -0.39 is 5.97 Å². The van der Waals surface area contributed by atoms with Crippen molar-refractivity contribution in [1.82, 2.24) is 0 Å². The molecule has 2 saturated carbocycles. The Morgan fingerprint density at radius 3 is 2.44 bits per heavy atom. The molecule has 2 fully saturated rings. The van der Waals surface area contributed by atoms with E-state index in [1.54, 1.807) is 18.1 Å². The Balaban J connectivity index is 1.57. The maximum atomic E-state index is 11.5. The van der Waals surface area contributed by atoms with E-state index in [0.717, 1.165) is 25.7 Å². The first kappa shape index (κ1) is 25.9. The molecule has 0 aliphatic heterocycles. The molecule has 0 aromatic rings. The van der Waals surface area contributed by atoms with E-state index in [0.29, 0.717) is 28.7 Å². The van der Waals surface area contributed by atoms with Crippen LogP contribution in [0.15, 0.2) is 22.8 Å². The largest absolute Gasteiger partial charge is 0.393 e. The van der Waals surface area contributed by atoms with Gasteiger partial charge in [-0.3, -0.25) is 4.89 Å². The molecule has 0 aromatic heterocycles. The van der Waals surface area contributed by atoms with E-state index in [4.69, 9.17) is 5.26 Å². The fraction of sp³-hybridized carbons (Fsp3) is 0.833. The van der Waals surface area contributed by atoms with Gasteiger partial charge in [-0.2, -0.15) is 5.26 Å². The lowest BCUT2D eigenvalue weighted by Crippen LogP contribution is -2.55. The Hall–Kier alpha value is -1.13. The van der Waals surface area contributed by atoms with Gasteiger partial charge in [0.05, 0.1) is 6.10 Å². The number of fused-ring (bicyclic) bond motifs is 4. The molecule has 4 nitrogen and oxygen atoms in total.